The minimum absolute atomic E-state index is 0.0216. The van der Waals surface area contributed by atoms with E-state index in [9.17, 15) is 19.7 Å². The molecule has 8 nitrogen and oxygen atoms in total. The number of benzene rings is 3. The second kappa shape index (κ2) is 6.75. The first-order valence-corrected chi connectivity index (χ1v) is 8.36. The van der Waals surface area contributed by atoms with Gasteiger partial charge < -0.3 is 4.74 Å². The summed E-state index contributed by atoms with van der Waals surface area (Å²) in [5, 5.41) is 12.6. The minimum atomic E-state index is -0.696. The largest absolute Gasteiger partial charge is 0.490 e. The van der Waals surface area contributed by atoms with Gasteiger partial charge in [-0.2, -0.15) is 0 Å². The molecule has 3 aromatic carbocycles. The lowest BCUT2D eigenvalue weighted by Crippen LogP contribution is -2.40. The zero-order chi connectivity index (χ0) is 19.8. The maximum Gasteiger partial charge on any atom is 0.318 e. The van der Waals surface area contributed by atoms with Crippen molar-refractivity contribution in [2.75, 3.05) is 7.11 Å². The molecule has 0 fully saturated rings. The fraction of sp³-hybridized carbons (Fsp3) is 0.100. The van der Waals surface area contributed by atoms with Crippen LogP contribution < -0.4 is 4.74 Å². The third-order valence-corrected chi connectivity index (χ3v) is 4.53. The van der Waals surface area contributed by atoms with Crippen LogP contribution in [0.5, 0.6) is 5.75 Å². The fourth-order valence-corrected chi connectivity index (χ4v) is 3.28. The summed E-state index contributed by atoms with van der Waals surface area (Å²) in [5.41, 5.74) is 0.766. The quantitative estimate of drug-likeness (QED) is 0.383. The lowest BCUT2D eigenvalue weighted by molar-refractivity contribution is -0.383. The molecule has 0 unspecified atom stereocenters. The Morgan fingerprint density at radius 3 is 2.39 bits per heavy atom. The van der Waals surface area contributed by atoms with Crippen LogP contribution in [0.4, 0.5) is 5.69 Å². The van der Waals surface area contributed by atoms with Crippen molar-refractivity contribution >= 4 is 28.3 Å². The van der Waals surface area contributed by atoms with Crippen LogP contribution in [-0.2, 0) is 11.4 Å². The van der Waals surface area contributed by atoms with Gasteiger partial charge in [0.1, 0.15) is 6.61 Å². The summed E-state index contributed by atoms with van der Waals surface area (Å²) >= 11 is 0. The van der Waals surface area contributed by atoms with E-state index in [2.05, 4.69) is 0 Å². The predicted octanol–water partition coefficient (Wildman–Crippen LogP) is 3.48. The van der Waals surface area contributed by atoms with Crippen molar-refractivity contribution in [3.8, 4) is 5.75 Å². The molecule has 140 valence electrons. The Hall–Kier alpha value is -3.78. The number of nitro groups is 1. The van der Waals surface area contributed by atoms with Gasteiger partial charge in [-0.25, -0.2) is 0 Å². The Labute approximate surface area is 159 Å². The molecule has 2 amide bonds. The Kier molecular flexibility index (Phi) is 4.25. The van der Waals surface area contributed by atoms with Gasteiger partial charge >= 0.3 is 5.69 Å². The molecule has 0 atom stereocenters. The molecule has 4 rings (SSSR count). The highest BCUT2D eigenvalue weighted by molar-refractivity contribution is 6.26. The first-order chi connectivity index (χ1) is 13.5. The predicted molar refractivity (Wildman–Crippen MR) is 98.9 cm³/mol. The molecule has 1 aliphatic heterocycles. The van der Waals surface area contributed by atoms with Crippen molar-refractivity contribution in [2.45, 2.75) is 6.61 Å². The van der Waals surface area contributed by atoms with E-state index in [1.54, 1.807) is 12.1 Å². The van der Waals surface area contributed by atoms with Crippen LogP contribution in [0, 0.1) is 10.1 Å². The van der Waals surface area contributed by atoms with Crippen LogP contribution in [0.2, 0.25) is 0 Å². The first-order valence-electron chi connectivity index (χ1n) is 8.36. The van der Waals surface area contributed by atoms with Crippen LogP contribution >= 0.6 is 0 Å². The van der Waals surface area contributed by atoms with E-state index in [1.165, 1.54) is 31.4 Å². The van der Waals surface area contributed by atoms with Crippen LogP contribution in [-0.4, -0.2) is 28.9 Å². The van der Waals surface area contributed by atoms with E-state index in [1.807, 2.05) is 18.2 Å². The number of carbonyl (C=O) groups excluding carboxylic acids is 2. The molecule has 8 heteroatoms. The molecule has 0 aromatic heterocycles. The molecule has 3 aromatic rings. The Balaban J connectivity index is 1.83. The standard InChI is InChI=1S/C20H14N2O6/c1-27-16-10-15-17-13(18(16)22(25)26)8-5-9-14(17)19(23)21(20(15)24)28-11-12-6-3-2-4-7-12/h2-10H,11H2,1H3. The van der Waals surface area contributed by atoms with Gasteiger partial charge in [0.05, 0.1) is 28.5 Å². The summed E-state index contributed by atoms with van der Waals surface area (Å²) in [5.74, 6) is -1.42. The molecule has 0 N–H and O–H groups in total. The smallest absolute Gasteiger partial charge is 0.318 e. The van der Waals surface area contributed by atoms with Crippen LogP contribution in [0.1, 0.15) is 26.3 Å². The number of nitrogens with zero attached hydrogens (tertiary/aromatic N) is 2. The molecule has 0 saturated carbocycles. The maximum absolute atomic E-state index is 12.9. The molecule has 0 radical (unpaired) electrons. The van der Waals surface area contributed by atoms with Crippen LogP contribution in [0.25, 0.3) is 10.8 Å². The number of ether oxygens (including phenoxy) is 1. The lowest BCUT2D eigenvalue weighted by atomic mass is 9.93. The van der Waals surface area contributed by atoms with Gasteiger partial charge in [0.2, 0.25) is 0 Å². The van der Waals surface area contributed by atoms with E-state index in [4.69, 9.17) is 9.57 Å². The molecule has 0 spiro atoms. The molecule has 1 aliphatic rings. The number of nitro benzene ring substituents is 1. The van der Waals surface area contributed by atoms with Gasteiger partial charge in [-0.1, -0.05) is 36.4 Å². The molecule has 28 heavy (non-hydrogen) atoms. The van der Waals surface area contributed by atoms with E-state index in [0.717, 1.165) is 5.56 Å². The van der Waals surface area contributed by atoms with E-state index in [-0.39, 0.29) is 39.9 Å². The van der Waals surface area contributed by atoms with Crippen molar-refractivity contribution in [1.82, 2.24) is 5.06 Å². The average molecular weight is 378 g/mol. The van der Waals surface area contributed by atoms with Crippen molar-refractivity contribution in [2.24, 2.45) is 0 Å². The molecular weight excluding hydrogens is 364 g/mol. The number of hydrogen-bond donors (Lipinski definition) is 0. The second-order valence-corrected chi connectivity index (χ2v) is 6.12. The monoisotopic (exact) mass is 378 g/mol. The highest BCUT2D eigenvalue weighted by Crippen LogP contribution is 2.41. The summed E-state index contributed by atoms with van der Waals surface area (Å²) in [4.78, 5) is 42.2. The number of imide groups is 1. The average Bonchev–Trinajstić information content (AvgIpc) is 2.71. The maximum atomic E-state index is 12.9. The number of hydrogen-bond acceptors (Lipinski definition) is 6. The number of amides is 2. The van der Waals surface area contributed by atoms with E-state index in [0.29, 0.717) is 5.06 Å². The normalized spacial score (nSPS) is 13.1. The van der Waals surface area contributed by atoms with Gasteiger partial charge in [-0.05, 0) is 17.7 Å². The Bertz CT molecular complexity index is 1130. The molecule has 1 heterocycles. The first kappa shape index (κ1) is 17.6. The van der Waals surface area contributed by atoms with E-state index >= 15 is 0 Å². The van der Waals surface area contributed by atoms with Crippen molar-refractivity contribution in [1.29, 1.82) is 0 Å². The molecular formula is C20H14N2O6. The van der Waals surface area contributed by atoms with Gasteiger partial charge in [0.25, 0.3) is 11.8 Å². The van der Waals surface area contributed by atoms with Gasteiger partial charge in [-0.3, -0.25) is 24.5 Å². The van der Waals surface area contributed by atoms with E-state index < -0.39 is 16.7 Å². The highest BCUT2D eigenvalue weighted by Gasteiger charge is 2.37. The van der Waals surface area contributed by atoms with Crippen LogP contribution in [0.3, 0.4) is 0 Å². The van der Waals surface area contributed by atoms with Crippen molar-refractivity contribution < 1.29 is 24.1 Å². The van der Waals surface area contributed by atoms with Crippen molar-refractivity contribution in [3.05, 3.63) is 81.4 Å². The molecule has 0 bridgehead atoms. The minimum Gasteiger partial charge on any atom is -0.490 e. The van der Waals surface area contributed by atoms with Gasteiger partial charge in [0, 0.05) is 11.5 Å². The lowest BCUT2D eigenvalue weighted by Gasteiger charge is -2.26. The summed E-state index contributed by atoms with van der Waals surface area (Å²) in [6.45, 7) is 0.0216. The Morgan fingerprint density at radius 2 is 1.71 bits per heavy atom. The highest BCUT2D eigenvalue weighted by atomic mass is 16.7. The zero-order valence-corrected chi connectivity index (χ0v) is 14.7. The van der Waals surface area contributed by atoms with Crippen molar-refractivity contribution in [3.63, 3.8) is 0 Å². The zero-order valence-electron chi connectivity index (χ0n) is 14.7. The third kappa shape index (κ3) is 2.67. The summed E-state index contributed by atoms with van der Waals surface area (Å²) in [6, 6.07) is 14.9. The molecule has 0 saturated heterocycles. The number of rotatable bonds is 5. The summed E-state index contributed by atoms with van der Waals surface area (Å²) in [6.07, 6.45) is 0. The third-order valence-electron chi connectivity index (χ3n) is 4.53. The number of carbonyl (C=O) groups is 2. The fourth-order valence-electron chi connectivity index (χ4n) is 3.28. The summed E-state index contributed by atoms with van der Waals surface area (Å²) in [7, 11) is 1.28. The topological polar surface area (TPSA) is 99.0 Å². The number of methoxy groups -OCH3 is 1. The van der Waals surface area contributed by atoms with Gasteiger partial charge in [0.15, 0.2) is 5.75 Å². The second-order valence-electron chi connectivity index (χ2n) is 6.12. The SMILES string of the molecule is COc1cc2c3c(cccc3c1[N+](=O)[O-])C(=O)N(OCc1ccccc1)C2=O. The molecule has 0 aliphatic carbocycles. The van der Waals surface area contributed by atoms with Gasteiger partial charge in [-0.15, -0.1) is 5.06 Å². The van der Waals surface area contributed by atoms with Crippen LogP contribution in [0.15, 0.2) is 54.6 Å². The summed E-state index contributed by atoms with van der Waals surface area (Å²) < 4.78 is 5.12. The Morgan fingerprint density at radius 1 is 1.00 bits per heavy atom. The number of hydroxylamine groups is 2.